The van der Waals surface area contributed by atoms with Crippen LogP contribution >= 0.6 is 0 Å². The lowest BCUT2D eigenvalue weighted by Gasteiger charge is -2.14. The van der Waals surface area contributed by atoms with E-state index in [0.29, 0.717) is 19.6 Å². The number of halogens is 3. The van der Waals surface area contributed by atoms with Crippen molar-refractivity contribution in [3.63, 3.8) is 0 Å². The zero-order chi connectivity index (χ0) is 13.2. The lowest BCUT2D eigenvalue weighted by Crippen LogP contribution is -2.27. The Morgan fingerprint density at radius 3 is 2.44 bits per heavy atom. The number of hydrogen-bond donors (Lipinski definition) is 1. The summed E-state index contributed by atoms with van der Waals surface area (Å²) in [5, 5.41) is 2.65. The smallest absolute Gasteiger partial charge is 0.406 e. The second kappa shape index (κ2) is 4.75. The van der Waals surface area contributed by atoms with Gasteiger partial charge in [0, 0.05) is 19.6 Å². The fourth-order valence-corrected chi connectivity index (χ4v) is 1.68. The van der Waals surface area contributed by atoms with Crippen molar-refractivity contribution in [2.75, 3.05) is 13.1 Å². The Balaban J connectivity index is 1.97. The molecule has 98 valence electrons. The molecule has 1 aliphatic rings. The van der Waals surface area contributed by atoms with E-state index in [2.05, 4.69) is 10.1 Å². The number of rotatable bonds is 3. The van der Waals surface area contributed by atoms with Crippen molar-refractivity contribution in [2.24, 2.45) is 0 Å². The standard InChI is InChI=1S/C11H11F3N2O2/c12-11(13,14)18-9-3-1-8(2-4-9)7-16-6-5-15-10(16)17/h1-4H,5-7H2,(H,15,17). The predicted octanol–water partition coefficient (Wildman–Crippen LogP) is 2.11. The van der Waals surface area contributed by atoms with Crippen LogP contribution in [0.1, 0.15) is 5.56 Å². The molecule has 1 aromatic carbocycles. The van der Waals surface area contributed by atoms with Crippen molar-refractivity contribution in [3.05, 3.63) is 29.8 Å². The normalized spacial score (nSPS) is 15.7. The molecule has 0 unspecified atom stereocenters. The second-order valence-corrected chi connectivity index (χ2v) is 3.85. The maximum Gasteiger partial charge on any atom is 0.573 e. The zero-order valence-corrected chi connectivity index (χ0v) is 9.33. The van der Waals surface area contributed by atoms with Gasteiger partial charge in [-0.15, -0.1) is 13.2 Å². The van der Waals surface area contributed by atoms with E-state index in [1.807, 2.05) is 0 Å². The highest BCUT2D eigenvalue weighted by atomic mass is 19.4. The number of nitrogens with one attached hydrogen (secondary N) is 1. The van der Waals surface area contributed by atoms with E-state index in [9.17, 15) is 18.0 Å². The summed E-state index contributed by atoms with van der Waals surface area (Å²) in [5.74, 6) is -0.267. The zero-order valence-electron chi connectivity index (χ0n) is 9.33. The molecule has 0 bridgehead atoms. The third-order valence-electron chi connectivity index (χ3n) is 2.48. The van der Waals surface area contributed by atoms with Gasteiger partial charge in [-0.3, -0.25) is 0 Å². The van der Waals surface area contributed by atoms with Crippen molar-refractivity contribution in [2.45, 2.75) is 12.9 Å². The topological polar surface area (TPSA) is 41.6 Å². The molecule has 18 heavy (non-hydrogen) atoms. The molecule has 0 aromatic heterocycles. The molecule has 1 heterocycles. The van der Waals surface area contributed by atoms with Gasteiger partial charge in [-0.05, 0) is 17.7 Å². The summed E-state index contributed by atoms with van der Waals surface area (Å²) in [6, 6.07) is 5.32. The Hall–Kier alpha value is -1.92. The molecule has 4 nitrogen and oxygen atoms in total. The second-order valence-electron chi connectivity index (χ2n) is 3.85. The Kier molecular flexibility index (Phi) is 3.31. The molecule has 1 fully saturated rings. The van der Waals surface area contributed by atoms with Crippen LogP contribution in [0, 0.1) is 0 Å². The fourth-order valence-electron chi connectivity index (χ4n) is 1.68. The van der Waals surface area contributed by atoms with Gasteiger partial charge in [0.25, 0.3) is 0 Å². The molecule has 1 aliphatic heterocycles. The van der Waals surface area contributed by atoms with Crippen LogP contribution in [-0.2, 0) is 6.54 Å². The molecule has 1 N–H and O–H groups in total. The lowest BCUT2D eigenvalue weighted by atomic mass is 10.2. The minimum atomic E-state index is -4.68. The summed E-state index contributed by atoms with van der Waals surface area (Å²) in [5.41, 5.74) is 0.751. The number of carbonyl (C=O) groups is 1. The highest BCUT2D eigenvalue weighted by Gasteiger charge is 2.31. The molecule has 7 heteroatoms. The number of hydrogen-bond acceptors (Lipinski definition) is 2. The molecule has 1 saturated heterocycles. The van der Waals surface area contributed by atoms with Crippen LogP contribution in [0.4, 0.5) is 18.0 Å². The Bertz CT molecular complexity index is 431. The van der Waals surface area contributed by atoms with Crippen LogP contribution in [0.2, 0.25) is 0 Å². The number of nitrogens with zero attached hydrogens (tertiary/aromatic N) is 1. The molecule has 0 saturated carbocycles. The summed E-state index contributed by atoms with van der Waals surface area (Å²) in [6.07, 6.45) is -4.68. The Morgan fingerprint density at radius 1 is 1.28 bits per heavy atom. The van der Waals surface area contributed by atoms with Gasteiger partial charge in [0.15, 0.2) is 0 Å². The first-order chi connectivity index (χ1) is 8.44. The first-order valence-corrected chi connectivity index (χ1v) is 5.31. The molecule has 0 spiro atoms. The molecule has 2 amide bonds. The van der Waals surface area contributed by atoms with Crippen LogP contribution < -0.4 is 10.1 Å². The van der Waals surface area contributed by atoms with Gasteiger partial charge in [0.1, 0.15) is 5.75 Å². The van der Waals surface area contributed by atoms with Crippen molar-refractivity contribution >= 4 is 6.03 Å². The van der Waals surface area contributed by atoms with Gasteiger partial charge in [-0.2, -0.15) is 0 Å². The van der Waals surface area contributed by atoms with E-state index >= 15 is 0 Å². The third-order valence-corrected chi connectivity index (χ3v) is 2.48. The van der Waals surface area contributed by atoms with E-state index in [4.69, 9.17) is 0 Å². The van der Waals surface area contributed by atoms with Crippen LogP contribution in [0.5, 0.6) is 5.75 Å². The number of alkyl halides is 3. The number of urea groups is 1. The van der Waals surface area contributed by atoms with Crippen molar-refractivity contribution in [1.29, 1.82) is 0 Å². The number of ether oxygens (including phenoxy) is 1. The molecule has 0 aliphatic carbocycles. The van der Waals surface area contributed by atoms with Crippen LogP contribution in [0.15, 0.2) is 24.3 Å². The van der Waals surface area contributed by atoms with E-state index in [1.54, 1.807) is 4.90 Å². The van der Waals surface area contributed by atoms with Crippen LogP contribution in [0.25, 0.3) is 0 Å². The average molecular weight is 260 g/mol. The maximum atomic E-state index is 11.9. The molecular weight excluding hydrogens is 249 g/mol. The van der Waals surface area contributed by atoms with Gasteiger partial charge in [-0.1, -0.05) is 12.1 Å². The number of benzene rings is 1. The lowest BCUT2D eigenvalue weighted by molar-refractivity contribution is -0.274. The highest BCUT2D eigenvalue weighted by Crippen LogP contribution is 2.23. The summed E-state index contributed by atoms with van der Waals surface area (Å²) >= 11 is 0. The minimum absolute atomic E-state index is 0.161. The van der Waals surface area contributed by atoms with Crippen LogP contribution in [0.3, 0.4) is 0 Å². The monoisotopic (exact) mass is 260 g/mol. The SMILES string of the molecule is O=C1NCCN1Cc1ccc(OC(F)(F)F)cc1. The maximum absolute atomic E-state index is 11.9. The molecular formula is C11H11F3N2O2. The first-order valence-electron chi connectivity index (χ1n) is 5.31. The van der Waals surface area contributed by atoms with Crippen LogP contribution in [-0.4, -0.2) is 30.4 Å². The van der Waals surface area contributed by atoms with Gasteiger partial charge in [-0.25, -0.2) is 4.79 Å². The van der Waals surface area contributed by atoms with Gasteiger partial charge < -0.3 is 15.0 Å². The molecule has 1 aromatic rings. The summed E-state index contributed by atoms with van der Waals surface area (Å²) in [7, 11) is 0. The summed E-state index contributed by atoms with van der Waals surface area (Å²) in [4.78, 5) is 12.9. The summed E-state index contributed by atoms with van der Waals surface area (Å²) < 4.78 is 39.6. The van der Waals surface area contributed by atoms with E-state index in [0.717, 1.165) is 5.56 Å². The Morgan fingerprint density at radius 2 is 1.94 bits per heavy atom. The van der Waals surface area contributed by atoms with E-state index in [-0.39, 0.29) is 11.8 Å². The first kappa shape index (κ1) is 12.5. The predicted molar refractivity (Wildman–Crippen MR) is 56.9 cm³/mol. The largest absolute Gasteiger partial charge is 0.573 e. The highest BCUT2D eigenvalue weighted by molar-refractivity contribution is 5.76. The molecule has 2 rings (SSSR count). The minimum Gasteiger partial charge on any atom is -0.406 e. The number of amides is 2. The van der Waals surface area contributed by atoms with Crippen molar-refractivity contribution in [3.8, 4) is 5.75 Å². The van der Waals surface area contributed by atoms with Crippen molar-refractivity contribution < 1.29 is 22.7 Å². The van der Waals surface area contributed by atoms with Gasteiger partial charge in [0.2, 0.25) is 0 Å². The van der Waals surface area contributed by atoms with Gasteiger partial charge in [0.05, 0.1) is 0 Å². The quantitative estimate of drug-likeness (QED) is 0.904. The molecule has 0 radical (unpaired) electrons. The van der Waals surface area contributed by atoms with Crippen molar-refractivity contribution in [1.82, 2.24) is 10.2 Å². The fraction of sp³-hybridized carbons (Fsp3) is 0.364. The Labute approximate surface area is 101 Å². The number of carbonyl (C=O) groups excluding carboxylic acids is 1. The molecule has 0 atom stereocenters. The average Bonchev–Trinajstić information content (AvgIpc) is 2.65. The van der Waals surface area contributed by atoms with E-state index < -0.39 is 6.36 Å². The van der Waals surface area contributed by atoms with E-state index in [1.165, 1.54) is 24.3 Å². The summed E-state index contributed by atoms with van der Waals surface area (Å²) in [6.45, 7) is 1.56. The van der Waals surface area contributed by atoms with Gasteiger partial charge >= 0.3 is 12.4 Å². The third kappa shape index (κ3) is 3.28.